The van der Waals surface area contributed by atoms with E-state index in [1.807, 2.05) is 18.2 Å². The number of anilines is 2. The van der Waals surface area contributed by atoms with E-state index in [2.05, 4.69) is 10.6 Å². The SMILES string of the molecule is O=C(O)CSCC(=O)Nc1ccc2c(c1)CCN2. The summed E-state index contributed by atoms with van der Waals surface area (Å²) in [6, 6.07) is 5.74. The molecule has 6 heteroatoms. The van der Waals surface area contributed by atoms with Crippen molar-refractivity contribution in [3.63, 3.8) is 0 Å². The van der Waals surface area contributed by atoms with Crippen LogP contribution in [0.25, 0.3) is 0 Å². The van der Waals surface area contributed by atoms with Gasteiger partial charge in [0.2, 0.25) is 5.91 Å². The lowest BCUT2D eigenvalue weighted by Crippen LogP contribution is -2.15. The number of rotatable bonds is 5. The molecule has 0 aromatic heterocycles. The number of hydrogen-bond acceptors (Lipinski definition) is 4. The quantitative estimate of drug-likeness (QED) is 0.751. The first-order valence-corrected chi connectivity index (χ1v) is 6.77. The first kappa shape index (κ1) is 12.8. The molecule has 0 atom stereocenters. The minimum Gasteiger partial charge on any atom is -0.481 e. The predicted octanol–water partition coefficient (Wildman–Crippen LogP) is 1.41. The molecular weight excluding hydrogens is 252 g/mol. The number of amides is 1. The van der Waals surface area contributed by atoms with Gasteiger partial charge in [-0.25, -0.2) is 0 Å². The van der Waals surface area contributed by atoms with Crippen molar-refractivity contribution in [1.82, 2.24) is 0 Å². The molecule has 0 aliphatic carbocycles. The zero-order valence-electron chi connectivity index (χ0n) is 9.73. The second-order valence-electron chi connectivity index (χ2n) is 3.98. The average molecular weight is 266 g/mol. The topological polar surface area (TPSA) is 78.4 Å². The third-order valence-corrected chi connectivity index (χ3v) is 3.47. The second-order valence-corrected chi connectivity index (χ2v) is 4.97. The van der Waals surface area contributed by atoms with Crippen molar-refractivity contribution in [2.75, 3.05) is 28.7 Å². The molecule has 0 fully saturated rings. The number of benzene rings is 1. The van der Waals surface area contributed by atoms with Crippen LogP contribution in [0.5, 0.6) is 0 Å². The molecule has 96 valence electrons. The molecule has 0 unspecified atom stereocenters. The Bertz CT molecular complexity index is 476. The Kier molecular flexibility index (Phi) is 4.09. The van der Waals surface area contributed by atoms with E-state index in [0.29, 0.717) is 0 Å². The van der Waals surface area contributed by atoms with Crippen LogP contribution in [0, 0.1) is 0 Å². The highest BCUT2D eigenvalue weighted by Gasteiger charge is 2.11. The number of aliphatic carboxylic acids is 1. The van der Waals surface area contributed by atoms with E-state index in [0.717, 1.165) is 36.1 Å². The molecular formula is C12H14N2O3S. The lowest BCUT2D eigenvalue weighted by Gasteiger charge is -2.06. The Morgan fingerprint density at radius 2 is 2.22 bits per heavy atom. The first-order chi connectivity index (χ1) is 8.65. The molecule has 18 heavy (non-hydrogen) atoms. The molecule has 3 N–H and O–H groups in total. The largest absolute Gasteiger partial charge is 0.481 e. The van der Waals surface area contributed by atoms with Gasteiger partial charge in [0.15, 0.2) is 0 Å². The number of fused-ring (bicyclic) bond motifs is 1. The number of carbonyl (C=O) groups excluding carboxylic acids is 1. The molecule has 0 spiro atoms. The third kappa shape index (κ3) is 3.40. The number of nitrogens with one attached hydrogen (secondary N) is 2. The Balaban J connectivity index is 1.85. The van der Waals surface area contributed by atoms with E-state index >= 15 is 0 Å². The number of carboxylic acid groups (broad SMARTS) is 1. The summed E-state index contributed by atoms with van der Waals surface area (Å²) in [5.74, 6) is -0.980. The summed E-state index contributed by atoms with van der Waals surface area (Å²) in [4.78, 5) is 21.9. The monoisotopic (exact) mass is 266 g/mol. The Labute approximate surface area is 109 Å². The highest BCUT2D eigenvalue weighted by molar-refractivity contribution is 8.00. The standard InChI is InChI=1S/C12H14N2O3S/c15-11(6-18-7-12(16)17)14-9-1-2-10-8(5-9)3-4-13-10/h1-2,5,13H,3-4,6-7H2,(H,14,15)(H,16,17). The Hall–Kier alpha value is -1.69. The van der Waals surface area contributed by atoms with Crippen LogP contribution >= 0.6 is 11.8 Å². The highest BCUT2D eigenvalue weighted by Crippen LogP contribution is 2.25. The minimum absolute atomic E-state index is 0.0540. The molecule has 1 aromatic rings. The van der Waals surface area contributed by atoms with Crippen molar-refractivity contribution >= 4 is 35.0 Å². The van der Waals surface area contributed by atoms with Crippen molar-refractivity contribution in [3.8, 4) is 0 Å². The van der Waals surface area contributed by atoms with Crippen LogP contribution in [-0.4, -0.2) is 35.0 Å². The van der Waals surface area contributed by atoms with Crippen LogP contribution < -0.4 is 10.6 Å². The lowest BCUT2D eigenvalue weighted by molar-refractivity contribution is -0.133. The fourth-order valence-electron chi connectivity index (χ4n) is 1.81. The van der Waals surface area contributed by atoms with Crippen molar-refractivity contribution in [2.24, 2.45) is 0 Å². The van der Waals surface area contributed by atoms with E-state index in [9.17, 15) is 9.59 Å². The maximum atomic E-state index is 11.6. The molecule has 1 heterocycles. The lowest BCUT2D eigenvalue weighted by atomic mass is 10.1. The molecule has 0 radical (unpaired) electrons. The molecule has 1 amide bonds. The van der Waals surface area contributed by atoms with Crippen molar-refractivity contribution < 1.29 is 14.7 Å². The summed E-state index contributed by atoms with van der Waals surface area (Å²) in [7, 11) is 0. The number of hydrogen-bond donors (Lipinski definition) is 3. The van der Waals surface area contributed by atoms with Crippen molar-refractivity contribution in [3.05, 3.63) is 23.8 Å². The van der Waals surface area contributed by atoms with Crippen LogP contribution in [0.2, 0.25) is 0 Å². The zero-order valence-corrected chi connectivity index (χ0v) is 10.5. The van der Waals surface area contributed by atoms with Gasteiger partial charge in [-0.1, -0.05) is 0 Å². The van der Waals surface area contributed by atoms with Crippen LogP contribution in [0.4, 0.5) is 11.4 Å². The van der Waals surface area contributed by atoms with Crippen LogP contribution in [-0.2, 0) is 16.0 Å². The van der Waals surface area contributed by atoms with E-state index in [1.165, 1.54) is 5.56 Å². The minimum atomic E-state index is -0.906. The van der Waals surface area contributed by atoms with Gasteiger partial charge in [0.05, 0.1) is 11.5 Å². The van der Waals surface area contributed by atoms with Gasteiger partial charge in [-0.3, -0.25) is 9.59 Å². The maximum absolute atomic E-state index is 11.6. The van der Waals surface area contributed by atoms with Gasteiger partial charge in [-0.05, 0) is 30.2 Å². The van der Waals surface area contributed by atoms with Gasteiger partial charge in [0, 0.05) is 17.9 Å². The molecule has 1 aliphatic heterocycles. The molecule has 0 saturated carbocycles. The summed E-state index contributed by atoms with van der Waals surface area (Å²) in [6.07, 6.45) is 0.965. The first-order valence-electron chi connectivity index (χ1n) is 5.61. The fourth-order valence-corrected chi connectivity index (χ4v) is 2.34. The van der Waals surface area contributed by atoms with Gasteiger partial charge in [-0.15, -0.1) is 11.8 Å². The Morgan fingerprint density at radius 1 is 1.39 bits per heavy atom. The summed E-state index contributed by atoms with van der Waals surface area (Å²) in [5, 5.41) is 14.5. The maximum Gasteiger partial charge on any atom is 0.313 e. The molecule has 0 bridgehead atoms. The zero-order chi connectivity index (χ0) is 13.0. The number of thioether (sulfide) groups is 1. The average Bonchev–Trinajstić information content (AvgIpc) is 2.75. The second kappa shape index (κ2) is 5.77. The summed E-state index contributed by atoms with van der Waals surface area (Å²) in [6.45, 7) is 0.932. The van der Waals surface area contributed by atoms with E-state index in [4.69, 9.17) is 5.11 Å². The van der Waals surface area contributed by atoms with Gasteiger partial charge in [0.1, 0.15) is 0 Å². The molecule has 1 aliphatic rings. The molecule has 5 nitrogen and oxygen atoms in total. The van der Waals surface area contributed by atoms with Crippen molar-refractivity contribution in [1.29, 1.82) is 0 Å². The molecule has 0 saturated heterocycles. The van der Waals surface area contributed by atoms with E-state index < -0.39 is 5.97 Å². The van der Waals surface area contributed by atoms with Crippen molar-refractivity contribution in [2.45, 2.75) is 6.42 Å². The number of carboxylic acids is 1. The van der Waals surface area contributed by atoms with E-state index in [-0.39, 0.29) is 17.4 Å². The smallest absolute Gasteiger partial charge is 0.313 e. The van der Waals surface area contributed by atoms with Gasteiger partial charge in [0.25, 0.3) is 0 Å². The van der Waals surface area contributed by atoms with Gasteiger partial charge >= 0.3 is 5.97 Å². The summed E-state index contributed by atoms with van der Waals surface area (Å²) < 4.78 is 0. The Morgan fingerprint density at radius 3 is 3.00 bits per heavy atom. The number of carbonyl (C=O) groups is 2. The third-order valence-electron chi connectivity index (χ3n) is 2.56. The summed E-state index contributed by atoms with van der Waals surface area (Å²) in [5.41, 5.74) is 3.08. The van der Waals surface area contributed by atoms with Crippen LogP contribution in [0.1, 0.15) is 5.56 Å². The van der Waals surface area contributed by atoms with E-state index in [1.54, 1.807) is 0 Å². The molecule has 2 rings (SSSR count). The van der Waals surface area contributed by atoms with Gasteiger partial charge in [-0.2, -0.15) is 0 Å². The summed E-state index contributed by atoms with van der Waals surface area (Å²) >= 11 is 1.09. The fraction of sp³-hybridized carbons (Fsp3) is 0.333. The normalized spacial score (nSPS) is 12.7. The highest BCUT2D eigenvalue weighted by atomic mass is 32.2. The molecule has 1 aromatic carbocycles. The van der Waals surface area contributed by atoms with Gasteiger partial charge < -0.3 is 15.7 Å². The van der Waals surface area contributed by atoms with Crippen LogP contribution in [0.3, 0.4) is 0 Å². The van der Waals surface area contributed by atoms with Crippen LogP contribution in [0.15, 0.2) is 18.2 Å². The predicted molar refractivity (Wildman–Crippen MR) is 72.2 cm³/mol.